The van der Waals surface area contributed by atoms with E-state index in [1.807, 2.05) is 67.6 Å². The summed E-state index contributed by atoms with van der Waals surface area (Å²) in [7, 11) is 0. The van der Waals surface area contributed by atoms with Gasteiger partial charge in [0, 0.05) is 61.2 Å². The molecule has 0 aliphatic heterocycles. The highest BCUT2D eigenvalue weighted by Gasteiger charge is 2.37. The highest BCUT2D eigenvalue weighted by atomic mass is 16.4. The van der Waals surface area contributed by atoms with Crippen LogP contribution in [0.3, 0.4) is 0 Å². The molecule has 0 unspecified atom stereocenters. The highest BCUT2D eigenvalue weighted by molar-refractivity contribution is 5.99. The Hall–Kier alpha value is -8.87. The first kappa shape index (κ1) is 62.0. The number of carboxylic acids is 1. The SMILES string of the molecule is CCCC[C@H](NC(C)=O)C(=O)N[C@@H](CC(=O)O)C(=O)N[C@@H](Cc1cnc[nH]1)C(=O)N[C@H](C(=O)N[C@@H](CCCN=C(N)N)C(=O)N[C@@H](Cc1c[nH]c2ccccc12)C(=O)N[C@@H](CCCCN)C(N)=O)[C@@H](C)c1ccc2ccccc2c1. The zero-order valence-electron chi connectivity index (χ0n) is 45.2. The lowest BCUT2D eigenvalue weighted by Gasteiger charge is -2.30. The Balaban J connectivity index is 1.52. The number of aromatic nitrogens is 3. The molecule has 0 saturated carbocycles. The Labute approximate surface area is 462 Å². The number of aliphatic imine (C=N–C) groups is 1. The van der Waals surface area contributed by atoms with Gasteiger partial charge in [0.1, 0.15) is 42.3 Å². The third-order valence-electron chi connectivity index (χ3n) is 13.5. The van der Waals surface area contributed by atoms with Gasteiger partial charge in [0.2, 0.25) is 47.3 Å². The molecule has 0 radical (unpaired) electrons. The second-order valence-corrected chi connectivity index (χ2v) is 19.7. The number of aromatic amines is 2. The number of rotatable bonds is 33. The van der Waals surface area contributed by atoms with Crippen molar-refractivity contribution in [2.75, 3.05) is 13.1 Å². The molecule has 5 aromatic rings. The second-order valence-electron chi connectivity index (χ2n) is 19.7. The lowest BCUT2D eigenvalue weighted by molar-refractivity contribution is -0.141. The minimum absolute atomic E-state index is 0.0307. The van der Waals surface area contributed by atoms with Gasteiger partial charge in [-0.25, -0.2) is 4.98 Å². The van der Waals surface area contributed by atoms with Crippen LogP contribution >= 0.6 is 0 Å². The fourth-order valence-electron chi connectivity index (χ4n) is 9.12. The normalized spacial score (nSPS) is 14.2. The van der Waals surface area contributed by atoms with E-state index in [1.165, 1.54) is 19.4 Å². The van der Waals surface area contributed by atoms with Gasteiger partial charge in [0.15, 0.2) is 5.96 Å². The molecule has 25 heteroatoms. The zero-order valence-corrected chi connectivity index (χ0v) is 45.2. The summed E-state index contributed by atoms with van der Waals surface area (Å²) in [6, 6.07) is 10.5. The number of H-pyrrole nitrogens is 2. The van der Waals surface area contributed by atoms with E-state index >= 15 is 4.79 Å². The van der Waals surface area contributed by atoms with E-state index in [-0.39, 0.29) is 51.0 Å². The van der Waals surface area contributed by atoms with Crippen molar-refractivity contribution < 1.29 is 48.3 Å². The molecule has 0 bridgehead atoms. The number of unbranched alkanes of at least 4 members (excludes halogenated alkanes) is 2. The topological polar surface area (TPSA) is 419 Å². The van der Waals surface area contributed by atoms with Crippen LogP contribution in [0.5, 0.6) is 0 Å². The Kier molecular flexibility index (Phi) is 23.9. The number of benzene rings is 3. The number of nitrogens with two attached hydrogens (primary N) is 4. The Morgan fingerprint density at radius 2 is 1.23 bits per heavy atom. The lowest BCUT2D eigenvalue weighted by atomic mass is 9.90. The molecule has 0 saturated heterocycles. The van der Waals surface area contributed by atoms with Gasteiger partial charge < -0.3 is 75.2 Å². The molecule has 0 fully saturated rings. The van der Waals surface area contributed by atoms with E-state index in [0.29, 0.717) is 49.0 Å². The minimum Gasteiger partial charge on any atom is -0.481 e. The molecule has 0 aliphatic carbocycles. The predicted octanol–water partition coefficient (Wildman–Crippen LogP) is 0.379. The summed E-state index contributed by atoms with van der Waals surface area (Å²) in [6.07, 6.45) is 5.82. The summed E-state index contributed by atoms with van der Waals surface area (Å²) in [5.74, 6) is -9.10. The van der Waals surface area contributed by atoms with Crippen molar-refractivity contribution in [3.8, 4) is 0 Å². The van der Waals surface area contributed by atoms with Gasteiger partial charge in [-0.2, -0.15) is 0 Å². The van der Waals surface area contributed by atoms with E-state index in [9.17, 15) is 43.5 Å². The predicted molar refractivity (Wildman–Crippen MR) is 300 cm³/mol. The molecular weight excluding hydrogens is 1030 g/mol. The van der Waals surface area contributed by atoms with Gasteiger partial charge in [-0.05, 0) is 73.0 Å². The number of carbonyl (C=O) groups excluding carboxylic acids is 8. The third kappa shape index (κ3) is 18.9. The van der Waals surface area contributed by atoms with Crippen LogP contribution in [0, 0.1) is 0 Å². The van der Waals surface area contributed by atoms with Gasteiger partial charge in [0.25, 0.3) is 0 Å². The number of hydrogen-bond donors (Lipinski definition) is 14. The molecule has 0 aliphatic rings. The summed E-state index contributed by atoms with van der Waals surface area (Å²) in [5, 5.41) is 30.9. The van der Waals surface area contributed by atoms with Crippen molar-refractivity contribution in [1.82, 2.24) is 52.2 Å². The minimum atomic E-state index is -1.73. The van der Waals surface area contributed by atoms with Crippen molar-refractivity contribution in [3.63, 3.8) is 0 Å². The Bertz CT molecular complexity index is 2960. The average Bonchev–Trinajstić information content (AvgIpc) is 4.10. The standard InChI is InChI=1S/C55H75N15O10/c1-4-5-16-41(64-32(3)71)49(75)69-45(27-46(72)73)52(78)68-44(26-37-29-60-30-63-37)53(79)70-47(31(2)34-21-20-33-13-6-7-14-35(33)24-34)54(80)66-42(19-12-23-61-55(58)59)50(76)67-43(25-36-28-62-39-17-9-8-15-38(36)39)51(77)65-40(48(57)74)18-10-11-22-56/h6-9,13-15,17,20-21,24,28-31,40-45,47,62H,4-5,10-12,16,18-19,22-23,25-27,56H2,1-3H3,(H2,57,74)(H,60,63)(H,64,71)(H,65,77)(H,66,80)(H,67,76)(H,68,78)(H,69,75)(H,70,79)(H,72,73)(H4,58,59,61)/t31-,40-,41-,42-,43-,44-,45-,47-/m0/s1. The first-order valence-corrected chi connectivity index (χ1v) is 26.6. The maximum atomic E-state index is 15.1. The number of primary amides is 1. The van der Waals surface area contributed by atoms with E-state index in [1.54, 1.807) is 19.2 Å². The highest BCUT2D eigenvalue weighted by Crippen LogP contribution is 2.26. The van der Waals surface area contributed by atoms with Gasteiger partial charge in [-0.15, -0.1) is 0 Å². The van der Waals surface area contributed by atoms with Gasteiger partial charge in [0.05, 0.1) is 12.7 Å². The van der Waals surface area contributed by atoms with Crippen molar-refractivity contribution in [1.29, 1.82) is 0 Å². The molecule has 80 heavy (non-hydrogen) atoms. The number of aliphatic carboxylic acids is 1. The quantitative estimate of drug-likeness (QED) is 0.0154. The summed E-state index contributed by atoms with van der Waals surface area (Å²) in [6.45, 7) is 5.15. The molecule has 430 valence electrons. The first-order chi connectivity index (χ1) is 38.3. The largest absolute Gasteiger partial charge is 0.481 e. The number of carbonyl (C=O) groups is 9. The third-order valence-corrected chi connectivity index (χ3v) is 13.5. The molecule has 25 nitrogen and oxygen atoms in total. The number of nitrogens with zero attached hydrogens (tertiary/aromatic N) is 2. The Morgan fingerprint density at radius 3 is 1.88 bits per heavy atom. The van der Waals surface area contributed by atoms with Crippen molar-refractivity contribution in [2.24, 2.45) is 27.9 Å². The smallest absolute Gasteiger partial charge is 0.305 e. The monoisotopic (exact) mass is 1110 g/mol. The van der Waals surface area contributed by atoms with Gasteiger partial charge >= 0.3 is 5.97 Å². The van der Waals surface area contributed by atoms with Crippen molar-refractivity contribution in [3.05, 3.63) is 102 Å². The average molecular weight is 1110 g/mol. The van der Waals surface area contributed by atoms with Crippen molar-refractivity contribution in [2.45, 2.75) is 140 Å². The van der Waals surface area contributed by atoms with E-state index in [2.05, 4.69) is 57.2 Å². The van der Waals surface area contributed by atoms with Crippen LogP contribution in [0.2, 0.25) is 0 Å². The first-order valence-electron chi connectivity index (χ1n) is 26.6. The number of guanidine groups is 1. The van der Waals surface area contributed by atoms with Gasteiger partial charge in [-0.3, -0.25) is 48.1 Å². The number of nitrogens with one attached hydrogen (secondary N) is 9. The number of carboxylic acid groups (broad SMARTS) is 1. The number of para-hydroxylation sites is 1. The maximum Gasteiger partial charge on any atom is 0.305 e. The Morgan fingerprint density at radius 1 is 0.637 bits per heavy atom. The summed E-state index contributed by atoms with van der Waals surface area (Å²) in [4.78, 5) is 138. The maximum absolute atomic E-state index is 15.1. The van der Waals surface area contributed by atoms with Crippen LogP contribution in [0.15, 0.2) is 90.4 Å². The van der Waals surface area contributed by atoms with Crippen LogP contribution < -0.4 is 60.2 Å². The molecule has 3 aromatic carbocycles. The number of amides is 8. The fraction of sp³-hybridized carbons (Fsp3) is 0.436. The molecular formula is C55H75N15O10. The molecule has 0 spiro atoms. The van der Waals surface area contributed by atoms with Crippen LogP contribution in [0.1, 0.15) is 101 Å². The molecule has 2 aromatic heterocycles. The number of imidazole rings is 1. The molecule has 8 amide bonds. The van der Waals surface area contributed by atoms with Crippen LogP contribution in [0.25, 0.3) is 21.7 Å². The van der Waals surface area contributed by atoms with Crippen LogP contribution in [-0.2, 0) is 56.0 Å². The zero-order chi connectivity index (χ0) is 58.3. The summed E-state index contributed by atoms with van der Waals surface area (Å²) < 4.78 is 0. The summed E-state index contributed by atoms with van der Waals surface area (Å²) >= 11 is 0. The second kappa shape index (κ2) is 30.9. The van der Waals surface area contributed by atoms with E-state index in [4.69, 9.17) is 22.9 Å². The molecule has 8 atom stereocenters. The summed E-state index contributed by atoms with van der Waals surface area (Å²) in [5.41, 5.74) is 25.0. The lowest BCUT2D eigenvalue weighted by Crippen LogP contribution is -2.61. The molecule has 2 heterocycles. The van der Waals surface area contributed by atoms with Crippen LogP contribution in [-0.4, -0.2) is 135 Å². The van der Waals surface area contributed by atoms with Gasteiger partial charge in [-0.1, -0.05) is 87.4 Å². The fourth-order valence-corrected chi connectivity index (χ4v) is 9.12. The van der Waals surface area contributed by atoms with Crippen LogP contribution in [0.4, 0.5) is 0 Å². The van der Waals surface area contributed by atoms with E-state index in [0.717, 1.165) is 21.7 Å². The number of hydrogen-bond acceptors (Lipinski definition) is 12. The number of fused-ring (bicyclic) bond motifs is 2. The van der Waals surface area contributed by atoms with Crippen molar-refractivity contribution >= 4 is 80.9 Å². The molecule has 5 rings (SSSR count). The molecule has 18 N–H and O–H groups in total. The van der Waals surface area contributed by atoms with E-state index < -0.39 is 108 Å².